The number of aromatic nitrogens is 2. The van der Waals surface area contributed by atoms with Gasteiger partial charge < -0.3 is 25.2 Å². The lowest BCUT2D eigenvalue weighted by Gasteiger charge is -2.35. The molecule has 0 aliphatic carbocycles. The van der Waals surface area contributed by atoms with Crippen LogP contribution in [0.1, 0.15) is 12.7 Å². The van der Waals surface area contributed by atoms with Crippen molar-refractivity contribution in [3.8, 4) is 5.75 Å². The third kappa shape index (κ3) is 4.78. The summed E-state index contributed by atoms with van der Waals surface area (Å²) in [5.41, 5.74) is 0.725. The Hall–Kier alpha value is -3.03. The lowest BCUT2D eigenvalue weighted by atomic mass is 10.3. The summed E-state index contributed by atoms with van der Waals surface area (Å²) in [5.74, 6) is 3.18. The lowest BCUT2D eigenvalue weighted by molar-refractivity contribution is 0.208. The number of piperazine rings is 1. The van der Waals surface area contributed by atoms with Gasteiger partial charge in [0.25, 0.3) is 0 Å². The fraction of sp³-hybridized carbons (Fsp3) is 0.421. The van der Waals surface area contributed by atoms with E-state index in [1.165, 1.54) is 0 Å². The number of hydrogen-bond donors (Lipinski definition) is 2. The Balaban J connectivity index is 1.59. The van der Waals surface area contributed by atoms with Crippen LogP contribution in [-0.4, -0.2) is 60.7 Å². The maximum atomic E-state index is 12.5. The molecule has 1 fully saturated rings. The predicted molar refractivity (Wildman–Crippen MR) is 107 cm³/mol. The molecule has 2 aromatic rings. The van der Waals surface area contributed by atoms with Crippen LogP contribution in [-0.2, 0) is 0 Å². The first-order valence-electron chi connectivity index (χ1n) is 9.13. The first kappa shape index (κ1) is 18.8. The molecule has 0 spiro atoms. The summed E-state index contributed by atoms with van der Waals surface area (Å²) in [6.07, 6.45) is 0. The largest absolute Gasteiger partial charge is 0.497 e. The molecule has 1 aromatic carbocycles. The van der Waals surface area contributed by atoms with E-state index in [0.29, 0.717) is 18.8 Å². The number of urea groups is 1. The third-order valence-electron chi connectivity index (χ3n) is 4.39. The quantitative estimate of drug-likeness (QED) is 0.842. The number of benzene rings is 1. The van der Waals surface area contributed by atoms with Gasteiger partial charge in [-0.1, -0.05) is 6.07 Å². The van der Waals surface area contributed by atoms with Gasteiger partial charge >= 0.3 is 6.03 Å². The maximum absolute atomic E-state index is 12.5. The minimum atomic E-state index is -0.102. The molecule has 1 saturated heterocycles. The van der Waals surface area contributed by atoms with Gasteiger partial charge in [-0.2, -0.15) is 0 Å². The summed E-state index contributed by atoms with van der Waals surface area (Å²) in [5, 5.41) is 6.16. The molecule has 2 heterocycles. The van der Waals surface area contributed by atoms with Crippen LogP contribution in [0.4, 0.5) is 22.1 Å². The molecule has 0 atom stereocenters. The van der Waals surface area contributed by atoms with E-state index in [-0.39, 0.29) is 6.03 Å². The molecule has 2 N–H and O–H groups in total. The topological polar surface area (TPSA) is 82.6 Å². The Morgan fingerprint density at radius 1 is 1.19 bits per heavy atom. The minimum Gasteiger partial charge on any atom is -0.497 e. The molecule has 0 radical (unpaired) electrons. The Morgan fingerprint density at radius 2 is 1.96 bits per heavy atom. The number of carbonyl (C=O) groups excluding carboxylic acids is 1. The number of carbonyl (C=O) groups is 1. The molecule has 2 amide bonds. The van der Waals surface area contributed by atoms with Gasteiger partial charge in [-0.3, -0.25) is 0 Å². The molecule has 8 nitrogen and oxygen atoms in total. The summed E-state index contributed by atoms with van der Waals surface area (Å²) in [7, 11) is 1.61. The molecule has 8 heteroatoms. The van der Waals surface area contributed by atoms with Crippen molar-refractivity contribution in [2.75, 3.05) is 55.4 Å². The van der Waals surface area contributed by atoms with E-state index < -0.39 is 0 Å². The lowest BCUT2D eigenvalue weighted by Crippen LogP contribution is -2.50. The van der Waals surface area contributed by atoms with Crippen molar-refractivity contribution < 1.29 is 9.53 Å². The van der Waals surface area contributed by atoms with Gasteiger partial charge in [0.15, 0.2) is 0 Å². The van der Waals surface area contributed by atoms with Crippen LogP contribution in [0.25, 0.3) is 0 Å². The number of nitrogens with one attached hydrogen (secondary N) is 2. The van der Waals surface area contributed by atoms with E-state index in [0.717, 1.165) is 42.8 Å². The summed E-state index contributed by atoms with van der Waals surface area (Å²) in [6, 6.07) is 9.21. The highest BCUT2D eigenvalue weighted by Crippen LogP contribution is 2.20. The van der Waals surface area contributed by atoms with Crippen LogP contribution < -0.4 is 20.3 Å². The average molecular weight is 370 g/mol. The summed E-state index contributed by atoms with van der Waals surface area (Å²) in [6.45, 7) is 7.47. The van der Waals surface area contributed by atoms with Crippen LogP contribution >= 0.6 is 0 Å². The van der Waals surface area contributed by atoms with Crippen molar-refractivity contribution in [2.45, 2.75) is 13.8 Å². The van der Waals surface area contributed by atoms with Gasteiger partial charge in [0.05, 0.1) is 7.11 Å². The Kier molecular flexibility index (Phi) is 5.95. The van der Waals surface area contributed by atoms with E-state index in [4.69, 9.17) is 4.74 Å². The van der Waals surface area contributed by atoms with Crippen molar-refractivity contribution in [3.05, 3.63) is 36.2 Å². The molecule has 144 valence electrons. The van der Waals surface area contributed by atoms with E-state index in [2.05, 4.69) is 25.5 Å². The zero-order chi connectivity index (χ0) is 19.2. The molecule has 1 aromatic heterocycles. The second-order valence-electron chi connectivity index (χ2n) is 6.33. The number of nitrogens with zero attached hydrogens (tertiary/aromatic N) is 4. The monoisotopic (exact) mass is 370 g/mol. The smallest absolute Gasteiger partial charge is 0.321 e. The summed E-state index contributed by atoms with van der Waals surface area (Å²) < 4.78 is 5.19. The van der Waals surface area contributed by atoms with Gasteiger partial charge in [0.1, 0.15) is 23.2 Å². The van der Waals surface area contributed by atoms with Gasteiger partial charge in [0, 0.05) is 50.5 Å². The summed E-state index contributed by atoms with van der Waals surface area (Å²) in [4.78, 5) is 25.5. The maximum Gasteiger partial charge on any atom is 0.321 e. The SMILES string of the molecule is CCNc1cc(N2CCN(C(=O)Nc3cccc(OC)c3)CC2)nc(C)n1. The van der Waals surface area contributed by atoms with E-state index in [1.54, 1.807) is 13.2 Å². The van der Waals surface area contributed by atoms with E-state index >= 15 is 0 Å². The van der Waals surface area contributed by atoms with Crippen LogP contribution in [0.5, 0.6) is 5.75 Å². The first-order chi connectivity index (χ1) is 13.1. The van der Waals surface area contributed by atoms with Gasteiger partial charge in [-0.15, -0.1) is 0 Å². The Morgan fingerprint density at radius 3 is 2.67 bits per heavy atom. The second-order valence-corrected chi connectivity index (χ2v) is 6.33. The van der Waals surface area contributed by atoms with E-state index in [1.807, 2.05) is 43.0 Å². The van der Waals surface area contributed by atoms with Gasteiger partial charge in [-0.25, -0.2) is 14.8 Å². The van der Waals surface area contributed by atoms with Crippen LogP contribution in [0.3, 0.4) is 0 Å². The molecule has 0 bridgehead atoms. The Bertz CT molecular complexity index is 790. The standard InChI is InChI=1S/C19H26N6O2/c1-4-20-17-13-18(22-14(2)21-17)24-8-10-25(11-9-24)19(26)23-15-6-5-7-16(12-15)27-3/h5-7,12-13H,4,8-11H2,1-3H3,(H,23,26)(H,20,21,22). The second kappa shape index (κ2) is 8.57. The molecular formula is C19H26N6O2. The van der Waals surface area contributed by atoms with Crippen LogP contribution in [0, 0.1) is 6.92 Å². The number of methoxy groups -OCH3 is 1. The molecule has 3 rings (SSSR count). The zero-order valence-electron chi connectivity index (χ0n) is 16.0. The third-order valence-corrected chi connectivity index (χ3v) is 4.39. The average Bonchev–Trinajstić information content (AvgIpc) is 2.68. The molecule has 1 aliphatic heterocycles. The predicted octanol–water partition coefficient (Wildman–Crippen LogP) is 2.58. The molecule has 1 aliphatic rings. The number of aryl methyl sites for hydroxylation is 1. The first-order valence-corrected chi connectivity index (χ1v) is 9.13. The molecular weight excluding hydrogens is 344 g/mol. The number of ether oxygens (including phenoxy) is 1. The highest BCUT2D eigenvalue weighted by atomic mass is 16.5. The molecule has 0 unspecified atom stereocenters. The van der Waals surface area contributed by atoms with Crippen LogP contribution in [0.2, 0.25) is 0 Å². The van der Waals surface area contributed by atoms with E-state index in [9.17, 15) is 4.79 Å². The molecule has 0 saturated carbocycles. The number of hydrogen-bond acceptors (Lipinski definition) is 6. The van der Waals surface area contributed by atoms with Crippen molar-refractivity contribution >= 4 is 23.4 Å². The van der Waals surface area contributed by atoms with Gasteiger partial charge in [-0.05, 0) is 26.0 Å². The summed E-state index contributed by atoms with van der Waals surface area (Å²) >= 11 is 0. The number of rotatable bonds is 5. The van der Waals surface area contributed by atoms with Crippen molar-refractivity contribution in [1.82, 2.24) is 14.9 Å². The van der Waals surface area contributed by atoms with Crippen molar-refractivity contribution in [3.63, 3.8) is 0 Å². The Labute approximate surface area is 159 Å². The molecule has 27 heavy (non-hydrogen) atoms. The van der Waals surface area contributed by atoms with Crippen molar-refractivity contribution in [1.29, 1.82) is 0 Å². The highest BCUT2D eigenvalue weighted by molar-refractivity contribution is 5.89. The minimum absolute atomic E-state index is 0.102. The van der Waals surface area contributed by atoms with Gasteiger partial charge in [0.2, 0.25) is 0 Å². The van der Waals surface area contributed by atoms with Crippen molar-refractivity contribution in [2.24, 2.45) is 0 Å². The van der Waals surface area contributed by atoms with Crippen LogP contribution in [0.15, 0.2) is 30.3 Å². The fourth-order valence-electron chi connectivity index (χ4n) is 3.03. The zero-order valence-corrected chi connectivity index (χ0v) is 16.0. The number of amides is 2. The number of anilines is 3. The fourth-order valence-corrected chi connectivity index (χ4v) is 3.03. The normalized spacial score (nSPS) is 14.0. The highest BCUT2D eigenvalue weighted by Gasteiger charge is 2.22.